The Morgan fingerprint density at radius 3 is 1.82 bits per heavy atom. The minimum absolute atomic E-state index is 0.0231. The van der Waals surface area contributed by atoms with Crippen LogP contribution in [0, 0.1) is 0 Å². The molecule has 3 rings (SSSR count). The molecule has 0 aromatic heterocycles. The number of carbonyl (C=O) groups is 1. The molecule has 3 aromatic carbocycles. The number of nitrogens with one attached hydrogen (secondary N) is 2. The highest BCUT2D eigenvalue weighted by molar-refractivity contribution is 7.92. The zero-order chi connectivity index (χ0) is 25.1. The number of hydrogen-bond donors (Lipinski definition) is 2. The third kappa shape index (κ3) is 5.86. The molecule has 0 spiro atoms. The monoisotopic (exact) mass is 522 g/mol. The molecule has 9 nitrogen and oxygen atoms in total. The molecule has 0 aliphatic heterocycles. The summed E-state index contributed by atoms with van der Waals surface area (Å²) in [5.74, 6) is -0.431. The number of benzene rings is 3. The Kier molecular flexibility index (Phi) is 7.51. The maximum Gasteiger partial charge on any atom is 0.303 e. The summed E-state index contributed by atoms with van der Waals surface area (Å²) in [4.78, 5) is 12.6. The smallest absolute Gasteiger partial charge is 0.303 e. The van der Waals surface area contributed by atoms with E-state index in [1.54, 1.807) is 24.3 Å². The Morgan fingerprint density at radius 1 is 0.765 bits per heavy atom. The highest BCUT2D eigenvalue weighted by Gasteiger charge is 2.21. The number of anilines is 3. The average Bonchev–Trinajstić information content (AvgIpc) is 2.80. The van der Waals surface area contributed by atoms with Crippen LogP contribution in [0.2, 0.25) is 5.02 Å². The van der Waals surface area contributed by atoms with Crippen molar-refractivity contribution in [1.29, 1.82) is 0 Å². The molecule has 0 aliphatic carbocycles. The summed E-state index contributed by atoms with van der Waals surface area (Å²) in [7, 11) is -3.19. The first-order chi connectivity index (χ1) is 15.9. The third-order valence-corrected chi connectivity index (χ3v) is 8.29. The topological polar surface area (TPSA) is 116 Å². The van der Waals surface area contributed by atoms with Gasteiger partial charge >= 0.3 is 10.2 Å². The molecule has 34 heavy (non-hydrogen) atoms. The van der Waals surface area contributed by atoms with Gasteiger partial charge in [0.05, 0.1) is 10.6 Å². The zero-order valence-electron chi connectivity index (χ0n) is 18.6. The van der Waals surface area contributed by atoms with Crippen molar-refractivity contribution < 1.29 is 21.6 Å². The molecule has 0 bridgehead atoms. The molecule has 0 fully saturated rings. The zero-order valence-corrected chi connectivity index (χ0v) is 20.9. The Balaban J connectivity index is 1.68. The van der Waals surface area contributed by atoms with Gasteiger partial charge in [-0.15, -0.1) is 0 Å². The van der Waals surface area contributed by atoms with E-state index in [1.807, 2.05) is 0 Å². The standard InChI is InChI=1S/C22H23ClN4O5S2/c1-26(2)34(31,32)27(3)20-12-4-16(5-13-20)22(28)24-18-10-14-21(15-11-18)33(29,30)25-19-8-6-17(23)7-9-19/h4-15,25H,1-3H3,(H,24,28). The predicted octanol–water partition coefficient (Wildman–Crippen LogP) is 3.64. The fraction of sp³-hybridized carbons (Fsp3) is 0.136. The van der Waals surface area contributed by atoms with Crippen LogP contribution in [-0.2, 0) is 20.2 Å². The van der Waals surface area contributed by atoms with Crippen molar-refractivity contribution in [3.8, 4) is 0 Å². The van der Waals surface area contributed by atoms with Gasteiger partial charge in [-0.3, -0.25) is 13.8 Å². The minimum Gasteiger partial charge on any atom is -0.322 e. The van der Waals surface area contributed by atoms with Crippen molar-refractivity contribution in [2.75, 3.05) is 35.5 Å². The molecule has 2 N–H and O–H groups in total. The number of nitrogens with zero attached hydrogens (tertiary/aromatic N) is 2. The van der Waals surface area contributed by atoms with Crippen LogP contribution in [0.25, 0.3) is 0 Å². The molecular weight excluding hydrogens is 500 g/mol. The number of sulfonamides is 1. The van der Waals surface area contributed by atoms with E-state index in [1.165, 1.54) is 69.7 Å². The molecule has 0 radical (unpaired) electrons. The van der Waals surface area contributed by atoms with Gasteiger partial charge < -0.3 is 5.32 Å². The molecular formula is C22H23ClN4O5S2. The van der Waals surface area contributed by atoms with E-state index >= 15 is 0 Å². The molecule has 0 unspecified atom stereocenters. The normalized spacial score (nSPS) is 11.8. The molecule has 3 aromatic rings. The Bertz CT molecular complexity index is 1370. The number of amides is 1. The van der Waals surface area contributed by atoms with Gasteiger partial charge in [0.1, 0.15) is 0 Å². The van der Waals surface area contributed by atoms with E-state index in [9.17, 15) is 21.6 Å². The number of carbonyl (C=O) groups excluding carboxylic acids is 1. The van der Waals surface area contributed by atoms with Crippen molar-refractivity contribution >= 4 is 54.8 Å². The lowest BCUT2D eigenvalue weighted by molar-refractivity contribution is 0.102. The molecule has 0 aliphatic rings. The second-order valence-corrected chi connectivity index (χ2v) is 11.7. The van der Waals surface area contributed by atoms with Gasteiger partial charge in [0.2, 0.25) is 0 Å². The quantitative estimate of drug-likeness (QED) is 0.468. The van der Waals surface area contributed by atoms with Crippen molar-refractivity contribution in [3.63, 3.8) is 0 Å². The maximum absolute atomic E-state index is 12.6. The van der Waals surface area contributed by atoms with E-state index in [0.717, 1.165) is 8.61 Å². The van der Waals surface area contributed by atoms with Gasteiger partial charge in [0.25, 0.3) is 15.9 Å². The fourth-order valence-corrected chi connectivity index (χ4v) is 4.92. The Labute approximate surface area is 204 Å². The van der Waals surface area contributed by atoms with Crippen molar-refractivity contribution in [2.45, 2.75) is 4.90 Å². The molecule has 0 saturated carbocycles. The third-order valence-electron chi connectivity index (χ3n) is 4.82. The molecule has 12 heteroatoms. The number of hydrogen-bond acceptors (Lipinski definition) is 5. The first-order valence-corrected chi connectivity index (χ1v) is 13.1. The van der Waals surface area contributed by atoms with Crippen LogP contribution in [0.5, 0.6) is 0 Å². The summed E-state index contributed by atoms with van der Waals surface area (Å²) < 4.78 is 54.2. The molecule has 0 atom stereocenters. The molecule has 0 saturated heterocycles. The van der Waals surface area contributed by atoms with Gasteiger partial charge in [-0.2, -0.15) is 12.7 Å². The van der Waals surface area contributed by atoms with E-state index < -0.39 is 26.1 Å². The summed E-state index contributed by atoms with van der Waals surface area (Å²) in [6, 6.07) is 18.0. The van der Waals surface area contributed by atoms with Crippen molar-refractivity contribution in [1.82, 2.24) is 4.31 Å². The van der Waals surface area contributed by atoms with Crippen LogP contribution in [0.15, 0.2) is 77.7 Å². The first kappa shape index (κ1) is 25.5. The lowest BCUT2D eigenvalue weighted by atomic mass is 10.2. The summed E-state index contributed by atoms with van der Waals surface area (Å²) in [6.07, 6.45) is 0. The Morgan fingerprint density at radius 2 is 1.29 bits per heavy atom. The van der Waals surface area contributed by atoms with Crippen LogP contribution in [0.4, 0.5) is 17.1 Å². The minimum atomic E-state index is -3.82. The maximum atomic E-state index is 12.6. The van der Waals surface area contributed by atoms with E-state index in [0.29, 0.717) is 27.6 Å². The van der Waals surface area contributed by atoms with Gasteiger partial charge in [0.15, 0.2) is 0 Å². The summed E-state index contributed by atoms with van der Waals surface area (Å²) in [5.41, 5.74) is 1.47. The molecule has 1 amide bonds. The summed E-state index contributed by atoms with van der Waals surface area (Å²) in [5, 5.41) is 3.17. The van der Waals surface area contributed by atoms with Crippen molar-refractivity contribution in [2.24, 2.45) is 0 Å². The SMILES string of the molecule is CN(C)S(=O)(=O)N(C)c1ccc(C(=O)Nc2ccc(S(=O)(=O)Nc3ccc(Cl)cc3)cc2)cc1. The largest absolute Gasteiger partial charge is 0.322 e. The fourth-order valence-electron chi connectivity index (χ4n) is 2.85. The van der Waals surface area contributed by atoms with Gasteiger partial charge in [0, 0.05) is 43.1 Å². The van der Waals surface area contributed by atoms with Crippen LogP contribution < -0.4 is 14.3 Å². The average molecular weight is 523 g/mol. The summed E-state index contributed by atoms with van der Waals surface area (Å²) in [6.45, 7) is 0. The van der Waals surface area contributed by atoms with Gasteiger partial charge in [-0.25, -0.2) is 8.42 Å². The van der Waals surface area contributed by atoms with Crippen molar-refractivity contribution in [3.05, 3.63) is 83.4 Å². The first-order valence-electron chi connectivity index (χ1n) is 9.86. The van der Waals surface area contributed by atoms with Crippen LogP contribution in [-0.4, -0.2) is 48.2 Å². The predicted molar refractivity (Wildman–Crippen MR) is 134 cm³/mol. The van der Waals surface area contributed by atoms with E-state index in [4.69, 9.17) is 11.6 Å². The second kappa shape index (κ2) is 10.0. The van der Waals surface area contributed by atoms with Crippen LogP contribution >= 0.6 is 11.6 Å². The molecule has 0 heterocycles. The highest BCUT2D eigenvalue weighted by atomic mass is 35.5. The van der Waals surface area contributed by atoms with Gasteiger partial charge in [-0.1, -0.05) is 11.6 Å². The van der Waals surface area contributed by atoms with Crippen LogP contribution in [0.1, 0.15) is 10.4 Å². The highest BCUT2D eigenvalue weighted by Crippen LogP contribution is 2.21. The lowest BCUT2D eigenvalue weighted by Gasteiger charge is -2.23. The van der Waals surface area contributed by atoms with Crippen LogP contribution in [0.3, 0.4) is 0 Å². The van der Waals surface area contributed by atoms with E-state index in [-0.39, 0.29) is 4.90 Å². The lowest BCUT2D eigenvalue weighted by Crippen LogP contribution is -2.37. The Hall–Kier alpha value is -3.12. The van der Waals surface area contributed by atoms with E-state index in [2.05, 4.69) is 10.0 Å². The molecule has 180 valence electrons. The van der Waals surface area contributed by atoms with Gasteiger partial charge in [-0.05, 0) is 72.8 Å². The summed E-state index contributed by atoms with van der Waals surface area (Å²) >= 11 is 5.81. The number of halogens is 1. The second-order valence-electron chi connectivity index (χ2n) is 7.40. The number of rotatable bonds is 8.